The zero-order valence-corrected chi connectivity index (χ0v) is 20.3. The summed E-state index contributed by atoms with van der Waals surface area (Å²) in [6.07, 6.45) is -1.15. The summed E-state index contributed by atoms with van der Waals surface area (Å²) < 4.78 is 29.8. The van der Waals surface area contributed by atoms with E-state index in [-0.39, 0.29) is 35.2 Å². The van der Waals surface area contributed by atoms with Crippen LogP contribution in [0.5, 0.6) is 11.5 Å². The molecule has 1 aromatic rings. The lowest BCUT2D eigenvalue weighted by Crippen LogP contribution is -2.52. The van der Waals surface area contributed by atoms with Crippen molar-refractivity contribution < 1.29 is 28.2 Å². The molecule has 1 aromatic carbocycles. The van der Waals surface area contributed by atoms with Gasteiger partial charge >= 0.3 is 0 Å². The minimum atomic E-state index is -1.96. The third kappa shape index (κ3) is 4.51. The molecule has 0 unspecified atom stereocenters. The molecule has 0 bridgehead atoms. The third-order valence-electron chi connectivity index (χ3n) is 6.56. The van der Waals surface area contributed by atoms with Gasteiger partial charge in [-0.25, -0.2) is 0 Å². The average molecular weight is 438 g/mol. The maximum absolute atomic E-state index is 12.2. The number of methoxy groups -OCH3 is 2. The van der Waals surface area contributed by atoms with E-state index in [1.54, 1.807) is 26.0 Å². The lowest BCUT2D eigenvalue weighted by atomic mass is 10.1. The summed E-state index contributed by atoms with van der Waals surface area (Å²) in [5.41, 5.74) is 0. The highest BCUT2D eigenvalue weighted by atomic mass is 28.4. The number of hydrogen-bond acceptors (Lipinski definition) is 6. The van der Waals surface area contributed by atoms with Crippen LogP contribution < -0.4 is 9.47 Å². The molecule has 0 aliphatic carbocycles. The standard InChI is InChI=1S/C22H35NO6Si/c1-14(24)23-18-19(23)21(28-16-11-9-15(25-5)10-12-16)29-17(20(18)26-6)13-27-30(7,8)22(2,3)4/h9-12,17-21H,13H2,1-8H3/t17-,18-,19+,20-,21+,23?/m1/s1. The fraction of sp³-hybridized carbons (Fsp3) is 0.682. The van der Waals surface area contributed by atoms with Crippen LogP contribution in [0.15, 0.2) is 24.3 Å². The first-order valence-corrected chi connectivity index (χ1v) is 13.3. The Morgan fingerprint density at radius 2 is 1.70 bits per heavy atom. The molecule has 0 N–H and O–H groups in total. The number of ether oxygens (including phenoxy) is 4. The Hall–Kier alpha value is -1.61. The zero-order valence-electron chi connectivity index (χ0n) is 19.3. The van der Waals surface area contributed by atoms with Gasteiger partial charge in [0.1, 0.15) is 29.7 Å². The summed E-state index contributed by atoms with van der Waals surface area (Å²) >= 11 is 0. The predicted molar refractivity (Wildman–Crippen MR) is 116 cm³/mol. The minimum Gasteiger partial charge on any atom is -0.497 e. The van der Waals surface area contributed by atoms with E-state index in [1.165, 1.54) is 0 Å². The van der Waals surface area contributed by atoms with Crippen molar-refractivity contribution >= 4 is 14.2 Å². The molecule has 168 valence electrons. The number of rotatable bonds is 7. The number of nitrogens with zero attached hydrogens (tertiary/aromatic N) is 1. The van der Waals surface area contributed by atoms with Gasteiger partial charge in [-0.15, -0.1) is 0 Å². The molecule has 5 atom stereocenters. The molecule has 1 amide bonds. The van der Waals surface area contributed by atoms with Crippen LogP contribution in [0.4, 0.5) is 0 Å². The molecule has 2 aliphatic heterocycles. The van der Waals surface area contributed by atoms with Crippen molar-refractivity contribution in [3.8, 4) is 11.5 Å². The van der Waals surface area contributed by atoms with Crippen molar-refractivity contribution in [2.75, 3.05) is 20.8 Å². The zero-order chi connectivity index (χ0) is 22.3. The van der Waals surface area contributed by atoms with E-state index >= 15 is 0 Å². The molecule has 0 aromatic heterocycles. The van der Waals surface area contributed by atoms with E-state index in [4.69, 9.17) is 23.4 Å². The molecule has 2 fully saturated rings. The van der Waals surface area contributed by atoms with Gasteiger partial charge < -0.3 is 28.3 Å². The Labute approximate surface area is 180 Å². The summed E-state index contributed by atoms with van der Waals surface area (Å²) in [4.78, 5) is 14.0. The highest BCUT2D eigenvalue weighted by Gasteiger charge is 2.65. The number of amides is 1. The number of fused-ring (bicyclic) bond motifs is 1. The molecule has 0 spiro atoms. The maximum Gasteiger partial charge on any atom is 0.223 e. The first-order chi connectivity index (χ1) is 14.0. The van der Waals surface area contributed by atoms with Gasteiger partial charge in [-0.05, 0) is 42.4 Å². The van der Waals surface area contributed by atoms with Crippen molar-refractivity contribution in [3.05, 3.63) is 24.3 Å². The molecule has 2 saturated heterocycles. The quantitative estimate of drug-likeness (QED) is 0.481. The fourth-order valence-corrected chi connectivity index (χ4v) is 4.72. The Morgan fingerprint density at radius 3 is 2.20 bits per heavy atom. The second kappa shape index (κ2) is 8.49. The molecular formula is C22H35NO6Si. The highest BCUT2D eigenvalue weighted by molar-refractivity contribution is 6.74. The molecule has 0 radical (unpaired) electrons. The van der Waals surface area contributed by atoms with Crippen LogP contribution in [0.2, 0.25) is 18.1 Å². The second-order valence-corrected chi connectivity index (χ2v) is 14.3. The monoisotopic (exact) mass is 437 g/mol. The largest absolute Gasteiger partial charge is 0.497 e. The minimum absolute atomic E-state index is 0.00931. The molecule has 2 heterocycles. The number of carbonyl (C=O) groups is 1. The van der Waals surface area contributed by atoms with E-state index in [0.717, 1.165) is 5.75 Å². The Kier molecular flexibility index (Phi) is 6.53. The van der Waals surface area contributed by atoms with Gasteiger partial charge in [0.05, 0.1) is 19.8 Å². The molecule has 2 aliphatic rings. The van der Waals surface area contributed by atoms with Crippen LogP contribution in [0.25, 0.3) is 0 Å². The van der Waals surface area contributed by atoms with Crippen LogP contribution >= 0.6 is 0 Å². The van der Waals surface area contributed by atoms with Crippen LogP contribution in [-0.4, -0.2) is 70.5 Å². The normalized spacial score (nSPS) is 28.7. The SMILES string of the molecule is COc1ccc(O[C@H]2O[C@H](CO[Si](C)(C)C(C)(C)C)[C@@H](OC)[C@H]3[C@@H]2N3C(C)=O)cc1. The van der Waals surface area contributed by atoms with E-state index in [2.05, 4.69) is 33.9 Å². The summed E-state index contributed by atoms with van der Waals surface area (Å²) in [5, 5.41) is 0.0940. The number of benzene rings is 1. The summed E-state index contributed by atoms with van der Waals surface area (Å²) in [7, 11) is 1.33. The van der Waals surface area contributed by atoms with E-state index in [1.807, 2.05) is 24.3 Å². The van der Waals surface area contributed by atoms with E-state index < -0.39 is 14.6 Å². The Balaban J connectivity index is 1.77. The van der Waals surface area contributed by atoms with Crippen molar-refractivity contribution in [2.45, 2.75) is 76.4 Å². The summed E-state index contributed by atoms with van der Waals surface area (Å²) in [5.74, 6) is 1.40. The second-order valence-electron chi connectivity index (χ2n) is 9.52. The predicted octanol–water partition coefficient (Wildman–Crippen LogP) is 3.44. The van der Waals surface area contributed by atoms with Crippen molar-refractivity contribution in [3.63, 3.8) is 0 Å². The van der Waals surface area contributed by atoms with Crippen molar-refractivity contribution in [1.82, 2.24) is 4.90 Å². The summed E-state index contributed by atoms with van der Waals surface area (Å²) in [6, 6.07) is 7.10. The van der Waals surface area contributed by atoms with E-state index in [0.29, 0.717) is 12.4 Å². The lowest BCUT2D eigenvalue weighted by molar-refractivity contribution is -0.186. The Bertz CT molecular complexity index is 747. The Morgan fingerprint density at radius 1 is 1.10 bits per heavy atom. The molecule has 30 heavy (non-hydrogen) atoms. The van der Waals surface area contributed by atoms with Crippen LogP contribution in [0, 0.1) is 0 Å². The first-order valence-electron chi connectivity index (χ1n) is 10.4. The van der Waals surface area contributed by atoms with Crippen LogP contribution in [0.1, 0.15) is 27.7 Å². The van der Waals surface area contributed by atoms with Crippen molar-refractivity contribution in [2.24, 2.45) is 0 Å². The van der Waals surface area contributed by atoms with Gasteiger partial charge in [-0.3, -0.25) is 4.79 Å². The van der Waals surface area contributed by atoms with E-state index in [9.17, 15) is 4.79 Å². The fourth-order valence-electron chi connectivity index (χ4n) is 3.70. The smallest absolute Gasteiger partial charge is 0.223 e. The molecule has 3 rings (SSSR count). The lowest BCUT2D eigenvalue weighted by Gasteiger charge is -2.39. The van der Waals surface area contributed by atoms with Gasteiger partial charge in [-0.1, -0.05) is 20.8 Å². The van der Waals surface area contributed by atoms with Gasteiger partial charge in [0.2, 0.25) is 12.2 Å². The molecule has 7 nitrogen and oxygen atoms in total. The average Bonchev–Trinajstić information content (AvgIpc) is 3.42. The molecular weight excluding hydrogens is 402 g/mol. The van der Waals surface area contributed by atoms with Crippen LogP contribution in [-0.2, 0) is 18.7 Å². The molecule has 8 heteroatoms. The number of carbonyl (C=O) groups excluding carboxylic acids is 1. The first kappa shape index (κ1) is 23.1. The summed E-state index contributed by atoms with van der Waals surface area (Å²) in [6.45, 7) is 13.0. The maximum atomic E-state index is 12.2. The van der Waals surface area contributed by atoms with Crippen molar-refractivity contribution in [1.29, 1.82) is 0 Å². The van der Waals surface area contributed by atoms with Crippen LogP contribution in [0.3, 0.4) is 0 Å². The number of hydrogen-bond donors (Lipinski definition) is 0. The van der Waals surface area contributed by atoms with Gasteiger partial charge in [-0.2, -0.15) is 0 Å². The van der Waals surface area contributed by atoms with Gasteiger partial charge in [0.15, 0.2) is 8.32 Å². The molecule has 0 saturated carbocycles. The topological polar surface area (TPSA) is 66.2 Å². The van der Waals surface area contributed by atoms with Gasteiger partial charge in [0.25, 0.3) is 0 Å². The van der Waals surface area contributed by atoms with Gasteiger partial charge in [0, 0.05) is 14.0 Å². The highest BCUT2D eigenvalue weighted by Crippen LogP contribution is 2.44. The third-order valence-corrected chi connectivity index (χ3v) is 11.1.